The Bertz CT molecular complexity index is 1350. The normalized spacial score (nSPS) is 11.2. The topological polar surface area (TPSA) is 71.8 Å². The lowest BCUT2D eigenvalue weighted by atomic mass is 9.92. The molecule has 0 saturated carbocycles. The second-order valence-corrected chi connectivity index (χ2v) is 7.17. The quantitative estimate of drug-likeness (QED) is 0.459. The minimum absolute atomic E-state index is 0.418. The predicted octanol–water partition coefficient (Wildman–Crippen LogP) is 5.07. The van der Waals surface area contributed by atoms with Gasteiger partial charge in [0.1, 0.15) is 0 Å². The van der Waals surface area contributed by atoms with Gasteiger partial charge in [0, 0.05) is 28.6 Å². The molecular formula is C25H19N3O. The van der Waals surface area contributed by atoms with Crippen molar-refractivity contribution in [1.29, 1.82) is 0 Å². The summed E-state index contributed by atoms with van der Waals surface area (Å²) in [4.78, 5) is 12.1. The number of nitrogens with one attached hydrogen (secondary N) is 1. The van der Waals surface area contributed by atoms with Crippen molar-refractivity contribution in [3.05, 3.63) is 102 Å². The van der Waals surface area contributed by atoms with E-state index in [0.29, 0.717) is 5.56 Å². The van der Waals surface area contributed by atoms with Crippen LogP contribution in [-0.2, 0) is 6.42 Å². The van der Waals surface area contributed by atoms with Crippen molar-refractivity contribution in [3.8, 4) is 11.1 Å². The molecule has 0 aliphatic carbocycles. The molecule has 0 spiro atoms. The lowest BCUT2D eigenvalue weighted by Gasteiger charge is -2.12. The minimum Gasteiger partial charge on any atom is -0.366 e. The molecule has 3 N–H and O–H groups in total. The minimum atomic E-state index is -0.418. The number of rotatable bonds is 4. The number of H-pyrrole nitrogens is 1. The lowest BCUT2D eigenvalue weighted by Crippen LogP contribution is -2.12. The number of nitrogens with zero attached hydrogens (tertiary/aromatic N) is 1. The van der Waals surface area contributed by atoms with Gasteiger partial charge in [-0.15, -0.1) is 0 Å². The summed E-state index contributed by atoms with van der Waals surface area (Å²) < 4.78 is 0. The first-order chi connectivity index (χ1) is 14.2. The van der Waals surface area contributed by atoms with Gasteiger partial charge in [-0.2, -0.15) is 5.10 Å². The highest BCUT2D eigenvalue weighted by Crippen LogP contribution is 2.32. The van der Waals surface area contributed by atoms with E-state index in [9.17, 15) is 4.79 Å². The van der Waals surface area contributed by atoms with Gasteiger partial charge in [-0.1, -0.05) is 72.8 Å². The van der Waals surface area contributed by atoms with Crippen LogP contribution in [0.15, 0.2) is 84.9 Å². The average Bonchev–Trinajstić information content (AvgIpc) is 3.16. The third-order valence-electron chi connectivity index (χ3n) is 5.36. The molecule has 5 rings (SSSR count). The summed E-state index contributed by atoms with van der Waals surface area (Å²) in [7, 11) is 0. The second kappa shape index (κ2) is 6.91. The molecule has 0 unspecified atom stereocenters. The Morgan fingerprint density at radius 1 is 0.828 bits per heavy atom. The zero-order valence-corrected chi connectivity index (χ0v) is 15.7. The molecule has 1 heterocycles. The van der Waals surface area contributed by atoms with Crippen molar-refractivity contribution in [1.82, 2.24) is 10.2 Å². The van der Waals surface area contributed by atoms with E-state index in [4.69, 9.17) is 5.73 Å². The average molecular weight is 377 g/mol. The van der Waals surface area contributed by atoms with E-state index in [1.165, 1.54) is 5.56 Å². The van der Waals surface area contributed by atoms with Crippen molar-refractivity contribution < 1.29 is 4.79 Å². The molecule has 0 atom stereocenters. The van der Waals surface area contributed by atoms with Gasteiger partial charge in [-0.25, -0.2) is 0 Å². The monoisotopic (exact) mass is 377 g/mol. The van der Waals surface area contributed by atoms with Crippen molar-refractivity contribution >= 4 is 27.6 Å². The molecule has 4 nitrogen and oxygen atoms in total. The molecule has 0 bridgehead atoms. The maximum Gasteiger partial charge on any atom is 0.249 e. The highest BCUT2D eigenvalue weighted by molar-refractivity contribution is 6.09. The van der Waals surface area contributed by atoms with E-state index in [0.717, 1.165) is 44.9 Å². The number of primary amides is 1. The Morgan fingerprint density at radius 2 is 1.55 bits per heavy atom. The maximum absolute atomic E-state index is 12.1. The number of hydrogen-bond acceptors (Lipinski definition) is 2. The van der Waals surface area contributed by atoms with Crippen molar-refractivity contribution in [2.45, 2.75) is 6.42 Å². The first-order valence-electron chi connectivity index (χ1n) is 9.53. The van der Waals surface area contributed by atoms with Gasteiger partial charge in [0.05, 0.1) is 5.52 Å². The number of aromatic nitrogens is 2. The van der Waals surface area contributed by atoms with Gasteiger partial charge >= 0.3 is 0 Å². The van der Waals surface area contributed by atoms with E-state index >= 15 is 0 Å². The molecule has 1 aromatic heterocycles. The number of fused-ring (bicyclic) bond motifs is 2. The molecule has 4 aromatic carbocycles. The highest BCUT2D eigenvalue weighted by atomic mass is 16.1. The lowest BCUT2D eigenvalue weighted by molar-refractivity contribution is 0.100. The second-order valence-electron chi connectivity index (χ2n) is 7.17. The molecular weight excluding hydrogens is 358 g/mol. The number of carbonyl (C=O) groups is 1. The standard InChI is InChI=1S/C25H19N3O/c26-25(29)21-14-13-17-5-1-2-6-19(17)24(21)18-11-9-16(10-12-18)15-23-20-7-3-4-8-22(20)27-28-23/h1-14H,15H2,(H2,26,29)(H,27,28). The molecule has 1 amide bonds. The number of carbonyl (C=O) groups excluding carboxylic acids is 1. The SMILES string of the molecule is NC(=O)c1ccc2ccccc2c1-c1ccc(Cc2[nH]nc3ccccc23)cc1. The molecule has 140 valence electrons. The number of para-hydroxylation sites is 1. The van der Waals surface area contributed by atoms with Crippen LogP contribution in [0.3, 0.4) is 0 Å². The van der Waals surface area contributed by atoms with Crippen LogP contribution >= 0.6 is 0 Å². The van der Waals surface area contributed by atoms with E-state index < -0.39 is 5.91 Å². The first kappa shape index (κ1) is 17.2. The van der Waals surface area contributed by atoms with E-state index in [1.54, 1.807) is 0 Å². The number of aromatic amines is 1. The summed E-state index contributed by atoms with van der Waals surface area (Å²) in [5, 5.41) is 10.8. The molecule has 29 heavy (non-hydrogen) atoms. The van der Waals surface area contributed by atoms with Crippen LogP contribution in [0.5, 0.6) is 0 Å². The summed E-state index contributed by atoms with van der Waals surface area (Å²) in [6.45, 7) is 0. The Balaban J connectivity index is 1.55. The summed E-state index contributed by atoms with van der Waals surface area (Å²) in [6, 6.07) is 28.2. The zero-order chi connectivity index (χ0) is 19.8. The predicted molar refractivity (Wildman–Crippen MR) is 117 cm³/mol. The number of amides is 1. The van der Waals surface area contributed by atoms with Crippen LogP contribution in [0.2, 0.25) is 0 Å². The van der Waals surface area contributed by atoms with Gasteiger partial charge in [-0.05, 0) is 34.0 Å². The molecule has 0 radical (unpaired) electrons. The molecule has 0 saturated heterocycles. The number of nitrogens with two attached hydrogens (primary N) is 1. The van der Waals surface area contributed by atoms with Crippen molar-refractivity contribution in [2.24, 2.45) is 5.73 Å². The van der Waals surface area contributed by atoms with Gasteiger partial charge in [0.15, 0.2) is 0 Å². The van der Waals surface area contributed by atoms with Crippen molar-refractivity contribution in [2.75, 3.05) is 0 Å². The summed E-state index contributed by atoms with van der Waals surface area (Å²) >= 11 is 0. The Labute approximate surface area is 168 Å². The van der Waals surface area contributed by atoms with E-state index in [-0.39, 0.29) is 0 Å². The van der Waals surface area contributed by atoms with Crippen LogP contribution < -0.4 is 5.73 Å². The van der Waals surface area contributed by atoms with Gasteiger partial charge in [-0.3, -0.25) is 9.89 Å². The fourth-order valence-corrected chi connectivity index (χ4v) is 3.93. The first-order valence-corrected chi connectivity index (χ1v) is 9.53. The van der Waals surface area contributed by atoms with Crippen LogP contribution in [0, 0.1) is 0 Å². The van der Waals surface area contributed by atoms with Crippen LogP contribution in [0.1, 0.15) is 21.6 Å². The Morgan fingerprint density at radius 3 is 2.34 bits per heavy atom. The van der Waals surface area contributed by atoms with Gasteiger partial charge in [0.25, 0.3) is 0 Å². The molecule has 4 heteroatoms. The van der Waals surface area contributed by atoms with Crippen LogP contribution in [0.25, 0.3) is 32.8 Å². The van der Waals surface area contributed by atoms with Gasteiger partial charge in [0.2, 0.25) is 5.91 Å². The molecule has 0 fully saturated rings. The molecule has 0 aliphatic heterocycles. The Hall–Kier alpha value is -3.92. The third-order valence-corrected chi connectivity index (χ3v) is 5.36. The number of benzene rings is 4. The summed E-state index contributed by atoms with van der Waals surface area (Å²) in [5.41, 5.74) is 11.3. The Kier molecular flexibility index (Phi) is 4.10. The molecule has 0 aliphatic rings. The fourth-order valence-electron chi connectivity index (χ4n) is 3.93. The highest BCUT2D eigenvalue weighted by Gasteiger charge is 2.14. The number of hydrogen-bond donors (Lipinski definition) is 2. The third kappa shape index (κ3) is 3.05. The van der Waals surface area contributed by atoms with Gasteiger partial charge < -0.3 is 5.73 Å². The summed E-state index contributed by atoms with van der Waals surface area (Å²) in [6.07, 6.45) is 0.763. The van der Waals surface area contributed by atoms with Crippen molar-refractivity contribution in [3.63, 3.8) is 0 Å². The van der Waals surface area contributed by atoms with E-state index in [1.807, 2.05) is 54.6 Å². The van der Waals surface area contributed by atoms with Crippen LogP contribution in [-0.4, -0.2) is 16.1 Å². The van der Waals surface area contributed by atoms with E-state index in [2.05, 4.69) is 40.5 Å². The smallest absolute Gasteiger partial charge is 0.249 e. The molecule has 5 aromatic rings. The zero-order valence-electron chi connectivity index (χ0n) is 15.7. The summed E-state index contributed by atoms with van der Waals surface area (Å²) in [5.74, 6) is -0.418. The maximum atomic E-state index is 12.1. The van der Waals surface area contributed by atoms with Crippen LogP contribution in [0.4, 0.5) is 0 Å². The largest absolute Gasteiger partial charge is 0.366 e. The fraction of sp³-hybridized carbons (Fsp3) is 0.0400.